The summed E-state index contributed by atoms with van der Waals surface area (Å²) in [5.74, 6) is -0.571. The minimum atomic E-state index is -0.713. The van der Waals surface area contributed by atoms with Gasteiger partial charge in [-0.25, -0.2) is 9.59 Å². The van der Waals surface area contributed by atoms with Crippen molar-refractivity contribution in [3.05, 3.63) is 35.9 Å². The Morgan fingerprint density at radius 2 is 1.89 bits per heavy atom. The highest BCUT2D eigenvalue weighted by molar-refractivity contribution is 5.90. The first-order valence-electron chi connectivity index (χ1n) is 9.86. The number of hydrogen-bond acceptors (Lipinski definition) is 5. The van der Waals surface area contributed by atoms with Crippen molar-refractivity contribution in [3.8, 4) is 0 Å². The zero-order chi connectivity index (χ0) is 20.5. The Labute approximate surface area is 166 Å². The molecule has 0 spiro atoms. The first-order chi connectivity index (χ1) is 13.4. The summed E-state index contributed by atoms with van der Waals surface area (Å²) in [7, 11) is 0. The number of amides is 2. The third-order valence-corrected chi connectivity index (χ3v) is 4.59. The lowest BCUT2D eigenvalue weighted by molar-refractivity contribution is -0.148. The number of benzene rings is 1. The third kappa shape index (κ3) is 6.25. The van der Waals surface area contributed by atoms with E-state index in [0.717, 1.165) is 5.56 Å². The average Bonchev–Trinajstić information content (AvgIpc) is 3.16. The van der Waals surface area contributed by atoms with E-state index in [4.69, 9.17) is 9.47 Å². The van der Waals surface area contributed by atoms with Crippen LogP contribution in [0.25, 0.3) is 0 Å². The minimum absolute atomic E-state index is 0.156. The van der Waals surface area contributed by atoms with Gasteiger partial charge in [-0.2, -0.15) is 0 Å². The number of nitrogens with one attached hydrogen (secondary N) is 1. The average molecular weight is 390 g/mol. The van der Waals surface area contributed by atoms with Gasteiger partial charge in [-0.1, -0.05) is 44.2 Å². The molecule has 7 heteroatoms. The van der Waals surface area contributed by atoms with Crippen molar-refractivity contribution in [1.29, 1.82) is 0 Å². The fraction of sp³-hybridized carbons (Fsp3) is 0.571. The second kappa shape index (κ2) is 10.7. The van der Waals surface area contributed by atoms with E-state index < -0.39 is 24.1 Å². The normalized spacial score (nSPS) is 17.3. The van der Waals surface area contributed by atoms with Crippen LogP contribution < -0.4 is 5.32 Å². The van der Waals surface area contributed by atoms with Crippen LogP contribution in [0.4, 0.5) is 4.79 Å². The van der Waals surface area contributed by atoms with Crippen LogP contribution >= 0.6 is 0 Å². The number of ether oxygens (including phenoxy) is 2. The lowest BCUT2D eigenvalue weighted by atomic mass is 10.0. The lowest BCUT2D eigenvalue weighted by Crippen LogP contribution is -2.51. The molecule has 1 aliphatic heterocycles. The van der Waals surface area contributed by atoms with E-state index >= 15 is 0 Å². The number of esters is 1. The molecule has 1 heterocycles. The van der Waals surface area contributed by atoms with Crippen molar-refractivity contribution < 1.29 is 23.9 Å². The van der Waals surface area contributed by atoms with Crippen LogP contribution in [0.2, 0.25) is 0 Å². The molecule has 1 aromatic rings. The highest BCUT2D eigenvalue weighted by Crippen LogP contribution is 2.20. The van der Waals surface area contributed by atoms with Crippen LogP contribution in [0.3, 0.4) is 0 Å². The molecule has 0 bridgehead atoms. The summed E-state index contributed by atoms with van der Waals surface area (Å²) in [6.07, 6.45) is 1.23. The van der Waals surface area contributed by atoms with E-state index in [1.165, 1.54) is 4.90 Å². The minimum Gasteiger partial charge on any atom is -0.464 e. The predicted molar refractivity (Wildman–Crippen MR) is 104 cm³/mol. The third-order valence-electron chi connectivity index (χ3n) is 4.59. The monoisotopic (exact) mass is 390 g/mol. The number of nitrogens with zero attached hydrogens (tertiary/aromatic N) is 1. The number of carbonyl (C=O) groups excluding carboxylic acids is 3. The summed E-state index contributed by atoms with van der Waals surface area (Å²) in [5, 5.41) is 2.77. The summed E-state index contributed by atoms with van der Waals surface area (Å²) in [6.45, 7) is 6.55. The molecule has 0 aromatic heterocycles. The van der Waals surface area contributed by atoms with Gasteiger partial charge < -0.3 is 14.8 Å². The van der Waals surface area contributed by atoms with E-state index in [1.807, 2.05) is 44.2 Å². The molecule has 154 valence electrons. The molecular formula is C21H30N2O5. The van der Waals surface area contributed by atoms with E-state index in [9.17, 15) is 14.4 Å². The Balaban J connectivity index is 1.96. The summed E-state index contributed by atoms with van der Waals surface area (Å²) in [5.41, 5.74) is 0.885. The summed E-state index contributed by atoms with van der Waals surface area (Å²) < 4.78 is 10.4. The Morgan fingerprint density at radius 1 is 1.18 bits per heavy atom. The summed E-state index contributed by atoms with van der Waals surface area (Å²) >= 11 is 0. The van der Waals surface area contributed by atoms with Crippen LogP contribution in [0.15, 0.2) is 30.3 Å². The molecule has 0 radical (unpaired) electrons. The molecule has 7 nitrogen and oxygen atoms in total. The number of carbonyl (C=O) groups is 3. The topological polar surface area (TPSA) is 84.9 Å². The fourth-order valence-electron chi connectivity index (χ4n) is 3.26. The highest BCUT2D eigenvalue weighted by Gasteiger charge is 2.37. The first-order valence-corrected chi connectivity index (χ1v) is 9.86. The van der Waals surface area contributed by atoms with Crippen molar-refractivity contribution >= 4 is 18.0 Å². The second-order valence-electron chi connectivity index (χ2n) is 7.33. The Bertz CT molecular complexity index is 662. The van der Waals surface area contributed by atoms with Gasteiger partial charge in [0.25, 0.3) is 0 Å². The molecule has 1 aromatic carbocycles. The van der Waals surface area contributed by atoms with Gasteiger partial charge >= 0.3 is 12.1 Å². The van der Waals surface area contributed by atoms with Crippen LogP contribution in [0.1, 0.15) is 45.6 Å². The maximum absolute atomic E-state index is 12.8. The predicted octanol–water partition coefficient (Wildman–Crippen LogP) is 2.88. The van der Waals surface area contributed by atoms with E-state index in [-0.39, 0.29) is 25.0 Å². The van der Waals surface area contributed by atoms with Crippen molar-refractivity contribution in [3.63, 3.8) is 0 Å². The molecule has 0 saturated carbocycles. The maximum Gasteiger partial charge on any atom is 0.410 e. The van der Waals surface area contributed by atoms with Crippen LogP contribution in [-0.4, -0.2) is 48.1 Å². The van der Waals surface area contributed by atoms with Gasteiger partial charge in [0.1, 0.15) is 18.7 Å². The molecule has 0 aliphatic carbocycles. The molecule has 2 unspecified atom stereocenters. The molecule has 1 fully saturated rings. The maximum atomic E-state index is 12.8. The lowest BCUT2D eigenvalue weighted by Gasteiger charge is -2.26. The van der Waals surface area contributed by atoms with Crippen LogP contribution in [0.5, 0.6) is 0 Å². The van der Waals surface area contributed by atoms with Gasteiger partial charge in [-0.15, -0.1) is 0 Å². The fourth-order valence-corrected chi connectivity index (χ4v) is 3.26. The molecule has 28 heavy (non-hydrogen) atoms. The van der Waals surface area contributed by atoms with Gasteiger partial charge in [0.2, 0.25) is 5.91 Å². The zero-order valence-corrected chi connectivity index (χ0v) is 16.8. The van der Waals surface area contributed by atoms with Gasteiger partial charge in [-0.3, -0.25) is 9.69 Å². The smallest absolute Gasteiger partial charge is 0.410 e. The van der Waals surface area contributed by atoms with E-state index in [1.54, 1.807) is 6.92 Å². The molecule has 1 N–H and O–H groups in total. The zero-order valence-electron chi connectivity index (χ0n) is 16.8. The van der Waals surface area contributed by atoms with Crippen LogP contribution in [-0.2, 0) is 25.7 Å². The van der Waals surface area contributed by atoms with Crippen molar-refractivity contribution in [1.82, 2.24) is 10.2 Å². The van der Waals surface area contributed by atoms with Crippen LogP contribution in [0, 0.1) is 5.92 Å². The molecule has 2 atom stereocenters. The highest BCUT2D eigenvalue weighted by atomic mass is 16.6. The van der Waals surface area contributed by atoms with E-state index in [2.05, 4.69) is 5.32 Å². The quantitative estimate of drug-likeness (QED) is 0.690. The molecule has 1 aliphatic rings. The number of likely N-dealkylation sites (tertiary alicyclic amines) is 1. The van der Waals surface area contributed by atoms with E-state index in [0.29, 0.717) is 25.8 Å². The largest absolute Gasteiger partial charge is 0.464 e. The van der Waals surface area contributed by atoms with Crippen molar-refractivity contribution in [2.75, 3.05) is 13.2 Å². The summed E-state index contributed by atoms with van der Waals surface area (Å²) in [6, 6.07) is 8.04. The van der Waals surface area contributed by atoms with Crippen molar-refractivity contribution in [2.45, 2.75) is 58.7 Å². The van der Waals surface area contributed by atoms with Gasteiger partial charge in [0, 0.05) is 6.54 Å². The molecule has 2 amide bonds. The van der Waals surface area contributed by atoms with Gasteiger partial charge in [0.15, 0.2) is 0 Å². The summed E-state index contributed by atoms with van der Waals surface area (Å²) in [4.78, 5) is 38.8. The number of hydrogen-bond donors (Lipinski definition) is 1. The van der Waals surface area contributed by atoms with Crippen molar-refractivity contribution in [2.24, 2.45) is 5.92 Å². The molecule has 1 saturated heterocycles. The standard InChI is InChI=1S/C21H30N2O5/c1-4-27-20(25)17(13-15(2)3)22-19(24)18-11-8-12-23(18)21(26)28-14-16-9-6-5-7-10-16/h5-7,9-10,15,17-18H,4,8,11-14H2,1-3H3,(H,22,24). The Morgan fingerprint density at radius 3 is 2.54 bits per heavy atom. The SMILES string of the molecule is CCOC(=O)C(CC(C)C)NC(=O)C1CCCN1C(=O)OCc1ccccc1. The van der Waals surface area contributed by atoms with Gasteiger partial charge in [-0.05, 0) is 37.7 Å². The first kappa shape index (κ1) is 21.7. The Hall–Kier alpha value is -2.57. The second-order valence-corrected chi connectivity index (χ2v) is 7.33. The molecule has 2 rings (SSSR count). The molecular weight excluding hydrogens is 360 g/mol. The number of rotatable bonds is 8. The van der Waals surface area contributed by atoms with Gasteiger partial charge in [0.05, 0.1) is 6.61 Å². The Kier molecular flexibility index (Phi) is 8.29.